The molecule has 1 rings (SSSR count). The zero-order valence-electron chi connectivity index (χ0n) is 11.2. The molecule has 0 bridgehead atoms. The van der Waals surface area contributed by atoms with Crippen LogP contribution in [-0.2, 0) is 0 Å². The number of hydrogen-bond acceptors (Lipinski definition) is 1. The van der Waals surface area contributed by atoms with Gasteiger partial charge in [-0.05, 0) is 31.5 Å². The van der Waals surface area contributed by atoms with Gasteiger partial charge >= 0.3 is 5.68 Å². The van der Waals surface area contributed by atoms with Crippen LogP contribution in [0.4, 0.5) is 0 Å². The summed E-state index contributed by atoms with van der Waals surface area (Å²) in [6, 6.07) is 10.5. The molecular formula is C12H20BCl2NSi. The zero-order valence-corrected chi connectivity index (χ0v) is 13.7. The van der Waals surface area contributed by atoms with E-state index in [0.717, 1.165) is 0 Å². The molecule has 0 N–H and O–H groups in total. The highest BCUT2D eigenvalue weighted by atomic mass is 35.5. The summed E-state index contributed by atoms with van der Waals surface area (Å²) in [7, 11) is -1.84. The van der Waals surface area contributed by atoms with Crippen molar-refractivity contribution in [1.82, 2.24) is 4.48 Å². The molecule has 0 aromatic heterocycles. The van der Waals surface area contributed by atoms with Crippen LogP contribution in [-0.4, -0.2) is 23.9 Å². The molecule has 0 radical (unpaired) electrons. The fourth-order valence-corrected chi connectivity index (χ4v) is 7.86. The SMILES string of the molecule is CC(C)(C)N(B(Cl)Cl)[Si](C)(C)c1ccccc1. The molecule has 17 heavy (non-hydrogen) atoms. The topological polar surface area (TPSA) is 3.24 Å². The van der Waals surface area contributed by atoms with E-state index in [1.807, 2.05) is 6.07 Å². The Morgan fingerprint density at radius 3 is 1.88 bits per heavy atom. The van der Waals surface area contributed by atoms with E-state index in [9.17, 15) is 0 Å². The fourth-order valence-electron chi connectivity index (χ4n) is 2.36. The molecule has 0 amide bonds. The lowest BCUT2D eigenvalue weighted by Gasteiger charge is -2.46. The normalized spacial score (nSPS) is 12.9. The smallest absolute Gasteiger partial charge is 0.329 e. The average molecular weight is 288 g/mol. The van der Waals surface area contributed by atoms with Crippen molar-refractivity contribution in [3.05, 3.63) is 30.3 Å². The predicted octanol–water partition coefficient (Wildman–Crippen LogP) is 3.66. The van der Waals surface area contributed by atoms with Gasteiger partial charge in [-0.25, -0.2) is 0 Å². The molecule has 94 valence electrons. The van der Waals surface area contributed by atoms with Gasteiger partial charge in [-0.15, -0.1) is 22.9 Å². The first-order valence-corrected chi connectivity index (χ1v) is 9.62. The first-order valence-electron chi connectivity index (χ1n) is 5.80. The summed E-state index contributed by atoms with van der Waals surface area (Å²) in [4.78, 5) is 0. The van der Waals surface area contributed by atoms with Gasteiger partial charge in [0.15, 0.2) is 0 Å². The van der Waals surface area contributed by atoms with Gasteiger partial charge in [0.2, 0.25) is 0 Å². The first-order chi connectivity index (χ1) is 7.67. The highest BCUT2D eigenvalue weighted by molar-refractivity contribution is 7.35. The Morgan fingerprint density at radius 1 is 1.06 bits per heavy atom. The molecule has 0 spiro atoms. The highest BCUT2D eigenvalue weighted by Crippen LogP contribution is 2.26. The second-order valence-electron chi connectivity index (χ2n) is 5.74. The number of nitrogens with zero attached hydrogens (tertiary/aromatic N) is 1. The Hall–Kier alpha value is 0.0418. The van der Waals surface area contributed by atoms with Crippen molar-refractivity contribution in [3.8, 4) is 0 Å². The van der Waals surface area contributed by atoms with Gasteiger partial charge < -0.3 is 4.48 Å². The molecule has 0 aliphatic heterocycles. The van der Waals surface area contributed by atoms with Crippen LogP contribution in [0.1, 0.15) is 20.8 Å². The second kappa shape index (κ2) is 5.35. The Morgan fingerprint density at radius 2 is 1.53 bits per heavy atom. The fraction of sp³-hybridized carbons (Fsp3) is 0.500. The van der Waals surface area contributed by atoms with Gasteiger partial charge in [-0.2, -0.15) is 0 Å². The van der Waals surface area contributed by atoms with Gasteiger partial charge in [-0.3, -0.25) is 0 Å². The largest absolute Gasteiger partial charge is 0.428 e. The lowest BCUT2D eigenvalue weighted by molar-refractivity contribution is 0.366. The minimum absolute atomic E-state index is 0.0419. The molecule has 1 aromatic rings. The summed E-state index contributed by atoms with van der Waals surface area (Å²) in [5.74, 6) is 0. The Labute approximate surface area is 116 Å². The second-order valence-corrected chi connectivity index (χ2v) is 11.0. The van der Waals surface area contributed by atoms with Crippen LogP contribution in [0.5, 0.6) is 0 Å². The zero-order chi connectivity index (χ0) is 13.3. The van der Waals surface area contributed by atoms with E-state index in [1.165, 1.54) is 5.19 Å². The van der Waals surface area contributed by atoms with Crippen LogP contribution < -0.4 is 5.19 Å². The van der Waals surface area contributed by atoms with E-state index in [1.54, 1.807) is 0 Å². The van der Waals surface area contributed by atoms with Crippen LogP contribution in [0.3, 0.4) is 0 Å². The van der Waals surface area contributed by atoms with Gasteiger partial charge in [0.05, 0.1) is 0 Å². The standard InChI is InChI=1S/C12H20BCl2NSi/c1-12(2,3)16(13(14)15)17(4,5)11-9-7-6-8-10-11/h6-10H,1-5H3. The summed E-state index contributed by atoms with van der Waals surface area (Å²) in [6.07, 6.45) is 0. The lowest BCUT2D eigenvalue weighted by Crippen LogP contribution is -2.66. The molecule has 1 aromatic carbocycles. The average Bonchev–Trinajstić information content (AvgIpc) is 2.15. The van der Waals surface area contributed by atoms with Gasteiger partial charge in [0.25, 0.3) is 0 Å². The van der Waals surface area contributed by atoms with Crippen molar-refractivity contribution in [2.75, 3.05) is 0 Å². The molecule has 5 heteroatoms. The number of hydrogen-bond donors (Lipinski definition) is 0. The van der Waals surface area contributed by atoms with E-state index >= 15 is 0 Å². The number of halogens is 2. The lowest BCUT2D eigenvalue weighted by atomic mass is 10.1. The first kappa shape index (κ1) is 15.1. The third kappa shape index (κ3) is 3.50. The van der Waals surface area contributed by atoms with E-state index in [4.69, 9.17) is 22.9 Å². The van der Waals surface area contributed by atoms with Crippen molar-refractivity contribution < 1.29 is 0 Å². The summed E-state index contributed by atoms with van der Waals surface area (Å²) < 4.78 is 2.25. The molecule has 0 saturated carbocycles. The van der Waals surface area contributed by atoms with Gasteiger partial charge in [-0.1, -0.05) is 43.4 Å². The van der Waals surface area contributed by atoms with Crippen LogP contribution in [0.2, 0.25) is 13.1 Å². The maximum atomic E-state index is 6.19. The van der Waals surface area contributed by atoms with Crippen molar-refractivity contribution >= 4 is 42.0 Å². The van der Waals surface area contributed by atoms with E-state index in [0.29, 0.717) is 0 Å². The molecule has 0 atom stereocenters. The van der Waals surface area contributed by atoms with E-state index < -0.39 is 13.9 Å². The Kier molecular flexibility index (Phi) is 4.75. The van der Waals surface area contributed by atoms with Crippen LogP contribution in [0, 0.1) is 0 Å². The number of rotatable bonds is 3. The third-order valence-corrected chi connectivity index (χ3v) is 7.60. The molecule has 0 heterocycles. The Balaban J connectivity index is 3.18. The molecular weight excluding hydrogens is 268 g/mol. The predicted molar refractivity (Wildman–Crippen MR) is 82.6 cm³/mol. The minimum atomic E-state index is -1.84. The summed E-state index contributed by atoms with van der Waals surface area (Å²) in [5, 5.41) is 1.35. The van der Waals surface area contributed by atoms with E-state index in [2.05, 4.69) is 62.6 Å². The van der Waals surface area contributed by atoms with Crippen molar-refractivity contribution in [1.29, 1.82) is 0 Å². The monoisotopic (exact) mass is 287 g/mol. The third-order valence-electron chi connectivity index (χ3n) is 3.00. The molecule has 1 nitrogen and oxygen atoms in total. The summed E-state index contributed by atoms with van der Waals surface area (Å²) in [6.45, 7) is 11.0. The molecule has 0 saturated heterocycles. The van der Waals surface area contributed by atoms with Crippen LogP contribution in [0.15, 0.2) is 30.3 Å². The van der Waals surface area contributed by atoms with Crippen molar-refractivity contribution in [2.24, 2.45) is 0 Å². The van der Waals surface area contributed by atoms with Crippen LogP contribution in [0.25, 0.3) is 0 Å². The molecule has 0 aliphatic rings. The van der Waals surface area contributed by atoms with Crippen molar-refractivity contribution in [2.45, 2.75) is 39.4 Å². The minimum Gasteiger partial charge on any atom is -0.329 e. The highest BCUT2D eigenvalue weighted by Gasteiger charge is 2.43. The maximum Gasteiger partial charge on any atom is 0.428 e. The van der Waals surface area contributed by atoms with E-state index in [-0.39, 0.29) is 5.54 Å². The van der Waals surface area contributed by atoms with Crippen molar-refractivity contribution in [3.63, 3.8) is 0 Å². The molecule has 0 aliphatic carbocycles. The number of benzene rings is 1. The van der Waals surface area contributed by atoms with Gasteiger partial charge in [0, 0.05) is 0 Å². The molecule has 0 unspecified atom stereocenters. The molecule has 0 fully saturated rings. The summed E-state index contributed by atoms with van der Waals surface area (Å²) in [5.41, 5.74) is -0.517. The Bertz CT molecular complexity index is 363. The quantitative estimate of drug-likeness (QED) is 0.767. The van der Waals surface area contributed by atoms with Gasteiger partial charge in [0.1, 0.15) is 8.24 Å². The maximum absolute atomic E-state index is 6.19. The van der Waals surface area contributed by atoms with Crippen LogP contribution >= 0.6 is 22.9 Å². The summed E-state index contributed by atoms with van der Waals surface area (Å²) >= 11 is 12.4.